The lowest BCUT2D eigenvalue weighted by Crippen LogP contribution is -2.36. The predicted octanol–water partition coefficient (Wildman–Crippen LogP) is 1.79. The summed E-state index contributed by atoms with van der Waals surface area (Å²) in [5, 5.41) is 14.5. The number of likely N-dealkylation sites (N-methyl/N-ethyl adjacent to an activating group) is 1. The summed E-state index contributed by atoms with van der Waals surface area (Å²) in [4.78, 5) is 17.6. The number of hydrogen-bond donors (Lipinski definition) is 1. The molecule has 1 aromatic heterocycles. The third-order valence-electron chi connectivity index (χ3n) is 4.07. The molecule has 1 aromatic rings. The predicted molar refractivity (Wildman–Crippen MR) is 77.7 cm³/mol. The number of aromatic nitrogens is 1. The molecule has 1 N–H and O–H groups in total. The molecule has 2 heterocycles. The first kappa shape index (κ1) is 14.9. The lowest BCUT2D eigenvalue weighted by Gasteiger charge is -2.27. The number of hydrogen-bond acceptors (Lipinski definition) is 5. The molecule has 1 aliphatic heterocycles. The van der Waals surface area contributed by atoms with Gasteiger partial charge in [-0.2, -0.15) is 0 Å². The second-order valence-electron chi connectivity index (χ2n) is 5.33. The molecule has 0 bridgehead atoms. The van der Waals surface area contributed by atoms with Crippen LogP contribution in [0.1, 0.15) is 30.2 Å². The van der Waals surface area contributed by atoms with Gasteiger partial charge in [0.05, 0.1) is 10.6 Å². The Hall–Kier alpha value is -1.53. The number of pyridine rings is 1. The van der Waals surface area contributed by atoms with E-state index < -0.39 is 0 Å². The van der Waals surface area contributed by atoms with Crippen molar-refractivity contribution in [2.45, 2.75) is 39.8 Å². The molecule has 0 spiro atoms. The monoisotopic (exact) mass is 278 g/mol. The molecule has 6 heteroatoms. The number of nitrogens with zero attached hydrogens (tertiary/aromatic N) is 3. The maximum atomic E-state index is 11.2. The van der Waals surface area contributed by atoms with Crippen molar-refractivity contribution in [1.29, 1.82) is 0 Å². The van der Waals surface area contributed by atoms with Gasteiger partial charge in [-0.15, -0.1) is 0 Å². The Labute approximate surface area is 119 Å². The molecule has 0 saturated carbocycles. The number of rotatable bonds is 5. The van der Waals surface area contributed by atoms with Gasteiger partial charge in [0.15, 0.2) is 0 Å². The van der Waals surface area contributed by atoms with Crippen LogP contribution in [0.25, 0.3) is 0 Å². The van der Waals surface area contributed by atoms with Gasteiger partial charge in [0.25, 0.3) is 5.69 Å². The van der Waals surface area contributed by atoms with E-state index in [0.717, 1.165) is 31.7 Å². The fourth-order valence-corrected chi connectivity index (χ4v) is 2.85. The van der Waals surface area contributed by atoms with E-state index in [9.17, 15) is 10.1 Å². The second-order valence-corrected chi connectivity index (χ2v) is 5.33. The minimum absolute atomic E-state index is 0.204. The van der Waals surface area contributed by atoms with Crippen LogP contribution in [-0.2, 0) is 6.54 Å². The molecule has 20 heavy (non-hydrogen) atoms. The summed E-state index contributed by atoms with van der Waals surface area (Å²) in [6.45, 7) is 9.29. The van der Waals surface area contributed by atoms with Gasteiger partial charge in [0.1, 0.15) is 0 Å². The molecule has 0 amide bonds. The summed E-state index contributed by atoms with van der Waals surface area (Å²) in [7, 11) is 0. The molecule has 0 aromatic carbocycles. The summed E-state index contributed by atoms with van der Waals surface area (Å²) >= 11 is 0. The summed E-state index contributed by atoms with van der Waals surface area (Å²) in [5.74, 6) is 0. The minimum atomic E-state index is -0.302. The highest BCUT2D eigenvalue weighted by Gasteiger charge is 2.24. The van der Waals surface area contributed by atoms with Crippen molar-refractivity contribution in [3.05, 3.63) is 33.1 Å². The Morgan fingerprint density at radius 2 is 2.30 bits per heavy atom. The van der Waals surface area contributed by atoms with Gasteiger partial charge in [0.2, 0.25) is 0 Å². The van der Waals surface area contributed by atoms with Crippen LogP contribution < -0.4 is 5.32 Å². The van der Waals surface area contributed by atoms with Crippen molar-refractivity contribution in [2.24, 2.45) is 0 Å². The highest BCUT2D eigenvalue weighted by Crippen LogP contribution is 2.25. The van der Waals surface area contributed by atoms with Gasteiger partial charge in [0, 0.05) is 36.5 Å². The van der Waals surface area contributed by atoms with Crippen LogP contribution in [0.15, 0.2) is 6.20 Å². The lowest BCUT2D eigenvalue weighted by atomic mass is 10.1. The Balaban J connectivity index is 2.24. The average Bonchev–Trinajstić information content (AvgIpc) is 2.91. The smallest absolute Gasteiger partial charge is 0.278 e. The third-order valence-corrected chi connectivity index (χ3v) is 4.07. The fraction of sp³-hybridized carbons (Fsp3) is 0.643. The van der Waals surface area contributed by atoms with Gasteiger partial charge in [-0.05, 0) is 33.4 Å². The van der Waals surface area contributed by atoms with Crippen molar-refractivity contribution in [3.8, 4) is 0 Å². The van der Waals surface area contributed by atoms with E-state index in [1.165, 1.54) is 0 Å². The zero-order chi connectivity index (χ0) is 14.7. The summed E-state index contributed by atoms with van der Waals surface area (Å²) in [5.41, 5.74) is 2.34. The molecule has 0 radical (unpaired) electrons. The normalized spacial score (nSPS) is 18.7. The molecule has 110 valence electrons. The quantitative estimate of drug-likeness (QED) is 0.656. The van der Waals surface area contributed by atoms with Gasteiger partial charge >= 0.3 is 0 Å². The molecule has 1 saturated heterocycles. The zero-order valence-corrected chi connectivity index (χ0v) is 12.3. The number of nitrogens with one attached hydrogen (secondary N) is 1. The number of nitro groups is 1. The van der Waals surface area contributed by atoms with Gasteiger partial charge < -0.3 is 5.32 Å². The molecule has 1 fully saturated rings. The van der Waals surface area contributed by atoms with Gasteiger partial charge in [-0.3, -0.25) is 20.0 Å². The van der Waals surface area contributed by atoms with Gasteiger partial charge in [-0.25, -0.2) is 0 Å². The Bertz CT molecular complexity index is 498. The van der Waals surface area contributed by atoms with E-state index in [1.54, 1.807) is 20.0 Å². The fourth-order valence-electron chi connectivity index (χ4n) is 2.85. The maximum absolute atomic E-state index is 11.2. The Morgan fingerprint density at radius 1 is 1.55 bits per heavy atom. The standard InChI is InChI=1S/C14H22N4O2/c1-4-17(12-5-6-15-8-12)9-13-11(3)14(18(19)20)10(2)7-16-13/h7,12,15H,4-6,8-9H2,1-3H3. The summed E-state index contributed by atoms with van der Waals surface area (Å²) in [6.07, 6.45) is 2.74. The largest absolute Gasteiger partial charge is 0.315 e. The molecular formula is C14H22N4O2. The average molecular weight is 278 g/mol. The first-order valence-electron chi connectivity index (χ1n) is 7.08. The van der Waals surface area contributed by atoms with E-state index in [1.807, 2.05) is 0 Å². The summed E-state index contributed by atoms with van der Waals surface area (Å²) in [6, 6.07) is 0.501. The van der Waals surface area contributed by atoms with Gasteiger partial charge in [-0.1, -0.05) is 6.92 Å². The Morgan fingerprint density at radius 3 is 2.85 bits per heavy atom. The number of aryl methyl sites for hydroxylation is 1. The molecule has 6 nitrogen and oxygen atoms in total. The van der Waals surface area contributed by atoms with Crippen molar-refractivity contribution in [2.75, 3.05) is 19.6 Å². The lowest BCUT2D eigenvalue weighted by molar-refractivity contribution is -0.386. The van der Waals surface area contributed by atoms with Crippen LogP contribution in [-0.4, -0.2) is 40.5 Å². The van der Waals surface area contributed by atoms with E-state index in [4.69, 9.17) is 0 Å². The van der Waals surface area contributed by atoms with Crippen LogP contribution in [0.4, 0.5) is 5.69 Å². The topological polar surface area (TPSA) is 71.3 Å². The van der Waals surface area contributed by atoms with Crippen LogP contribution >= 0.6 is 0 Å². The van der Waals surface area contributed by atoms with Crippen molar-refractivity contribution in [3.63, 3.8) is 0 Å². The third kappa shape index (κ3) is 2.96. The van der Waals surface area contributed by atoms with E-state index in [0.29, 0.717) is 23.7 Å². The first-order chi connectivity index (χ1) is 9.54. The van der Waals surface area contributed by atoms with Crippen molar-refractivity contribution in [1.82, 2.24) is 15.2 Å². The molecule has 1 aliphatic rings. The molecular weight excluding hydrogens is 256 g/mol. The van der Waals surface area contributed by atoms with Crippen LogP contribution in [0, 0.1) is 24.0 Å². The van der Waals surface area contributed by atoms with Crippen LogP contribution in [0.3, 0.4) is 0 Å². The highest BCUT2D eigenvalue weighted by atomic mass is 16.6. The van der Waals surface area contributed by atoms with E-state index in [-0.39, 0.29) is 10.6 Å². The first-order valence-corrected chi connectivity index (χ1v) is 7.08. The Kier molecular flexibility index (Phi) is 4.67. The van der Waals surface area contributed by atoms with Crippen molar-refractivity contribution < 1.29 is 4.92 Å². The molecule has 1 atom stereocenters. The molecule has 1 unspecified atom stereocenters. The maximum Gasteiger partial charge on any atom is 0.278 e. The van der Waals surface area contributed by atoms with Crippen LogP contribution in [0.2, 0.25) is 0 Å². The second kappa shape index (κ2) is 6.28. The summed E-state index contributed by atoms with van der Waals surface area (Å²) < 4.78 is 0. The van der Waals surface area contributed by atoms with E-state index in [2.05, 4.69) is 22.1 Å². The highest BCUT2D eigenvalue weighted by molar-refractivity contribution is 5.47. The zero-order valence-electron chi connectivity index (χ0n) is 12.3. The van der Waals surface area contributed by atoms with Crippen molar-refractivity contribution >= 4 is 5.69 Å². The van der Waals surface area contributed by atoms with Crippen LogP contribution in [0.5, 0.6) is 0 Å². The van der Waals surface area contributed by atoms with E-state index >= 15 is 0 Å². The SMILES string of the molecule is CCN(Cc1ncc(C)c([N+](=O)[O-])c1C)C1CCNC1. The minimum Gasteiger partial charge on any atom is -0.315 e. The molecule has 0 aliphatic carbocycles. The molecule has 2 rings (SSSR count).